The number of amides is 1. The van der Waals surface area contributed by atoms with E-state index in [9.17, 15) is 27.9 Å². The van der Waals surface area contributed by atoms with Gasteiger partial charge in [-0.3, -0.25) is 4.79 Å². The predicted molar refractivity (Wildman–Crippen MR) is 168 cm³/mol. The minimum absolute atomic E-state index is 0.0295. The van der Waals surface area contributed by atoms with E-state index in [4.69, 9.17) is 9.72 Å². The fourth-order valence-electron chi connectivity index (χ4n) is 4.82. The second kappa shape index (κ2) is 14.4. The number of nitrogens with zero attached hydrogens (tertiary/aromatic N) is 7. The molecular weight excluding hydrogens is 617 g/mol. The second-order valence-corrected chi connectivity index (χ2v) is 11.0. The van der Waals surface area contributed by atoms with E-state index in [1.54, 1.807) is 4.90 Å². The summed E-state index contributed by atoms with van der Waals surface area (Å²) >= 11 is 0. The van der Waals surface area contributed by atoms with E-state index < -0.39 is 29.8 Å². The van der Waals surface area contributed by atoms with Gasteiger partial charge in [0.25, 0.3) is 5.91 Å². The van der Waals surface area contributed by atoms with E-state index in [0.29, 0.717) is 37.6 Å². The lowest BCUT2D eigenvalue weighted by Crippen LogP contribution is -2.48. The molecule has 1 amide bonds. The molecule has 2 N–H and O–H groups in total. The number of nitrogens with one attached hydrogen (secondary N) is 1. The van der Waals surface area contributed by atoms with Crippen LogP contribution in [-0.2, 0) is 22.3 Å². The van der Waals surface area contributed by atoms with Crippen molar-refractivity contribution >= 4 is 29.3 Å². The van der Waals surface area contributed by atoms with Gasteiger partial charge in [-0.1, -0.05) is 30.3 Å². The average Bonchev–Trinajstić information content (AvgIpc) is 3.07. The van der Waals surface area contributed by atoms with Crippen molar-refractivity contribution in [3.8, 4) is 11.4 Å². The van der Waals surface area contributed by atoms with Crippen molar-refractivity contribution in [1.82, 2.24) is 25.3 Å². The molecule has 2 aromatic carbocycles. The first kappa shape index (κ1) is 33.1. The third-order valence-corrected chi connectivity index (χ3v) is 7.41. The van der Waals surface area contributed by atoms with Crippen LogP contribution in [0.4, 0.5) is 30.6 Å². The topological polar surface area (TPSA) is 137 Å². The van der Waals surface area contributed by atoms with E-state index in [0.717, 1.165) is 23.5 Å². The summed E-state index contributed by atoms with van der Waals surface area (Å²) in [5.74, 6) is -1.39. The van der Waals surface area contributed by atoms with Crippen LogP contribution in [0.3, 0.4) is 0 Å². The molecule has 1 aliphatic heterocycles. The Morgan fingerprint density at radius 3 is 2.28 bits per heavy atom. The van der Waals surface area contributed by atoms with Crippen molar-refractivity contribution in [3.05, 3.63) is 89.9 Å². The lowest BCUT2D eigenvalue weighted by Gasteiger charge is -2.35. The van der Waals surface area contributed by atoms with Crippen LogP contribution < -0.4 is 20.0 Å². The van der Waals surface area contributed by atoms with Gasteiger partial charge in [-0.2, -0.15) is 13.2 Å². The largest absolute Gasteiger partial charge is 0.480 e. The van der Waals surface area contributed by atoms with Gasteiger partial charge in [0.05, 0.1) is 13.2 Å². The summed E-state index contributed by atoms with van der Waals surface area (Å²) in [6.07, 6.45) is -3.51. The van der Waals surface area contributed by atoms with Gasteiger partial charge in [0.1, 0.15) is 17.2 Å². The molecule has 2 aromatic heterocycles. The number of hydrogen-bond acceptors (Lipinski definition) is 10. The lowest BCUT2D eigenvalue weighted by atomic mass is 10.1. The Labute approximate surface area is 268 Å². The molecule has 1 fully saturated rings. The van der Waals surface area contributed by atoms with Crippen molar-refractivity contribution in [2.75, 3.05) is 61.6 Å². The van der Waals surface area contributed by atoms with Gasteiger partial charge in [0.2, 0.25) is 5.95 Å². The summed E-state index contributed by atoms with van der Waals surface area (Å²) in [4.78, 5) is 47.8. The molecule has 246 valence electrons. The maximum Gasteiger partial charge on any atom is 0.433 e. The second-order valence-electron chi connectivity index (χ2n) is 11.0. The van der Waals surface area contributed by atoms with Gasteiger partial charge >= 0.3 is 12.1 Å². The molecule has 15 heteroatoms. The third-order valence-electron chi connectivity index (χ3n) is 7.41. The number of anilines is 3. The Balaban J connectivity index is 1.36. The molecule has 12 nitrogen and oxygen atoms in total. The molecule has 5 rings (SSSR count). The molecule has 0 spiro atoms. The Kier molecular flexibility index (Phi) is 10.1. The molecule has 0 saturated carbocycles. The molecular formula is C32H33F3N8O4. The number of ether oxygens (including phenoxy) is 1. The van der Waals surface area contributed by atoms with Gasteiger partial charge in [-0.05, 0) is 35.9 Å². The van der Waals surface area contributed by atoms with Crippen LogP contribution in [0, 0.1) is 0 Å². The number of carbonyl (C=O) groups excluding carboxylic acids is 1. The first-order chi connectivity index (χ1) is 22.5. The van der Waals surface area contributed by atoms with E-state index in [-0.39, 0.29) is 30.7 Å². The van der Waals surface area contributed by atoms with Crippen molar-refractivity contribution in [1.29, 1.82) is 0 Å². The zero-order valence-electron chi connectivity index (χ0n) is 25.7. The number of aliphatic carboxylic acids is 1. The molecule has 0 radical (unpaired) electrons. The van der Waals surface area contributed by atoms with E-state index in [1.807, 2.05) is 78.5 Å². The molecule has 0 bridgehead atoms. The number of aromatic nitrogens is 4. The number of alkyl halides is 3. The van der Waals surface area contributed by atoms with Crippen LogP contribution in [0.15, 0.2) is 72.9 Å². The highest BCUT2D eigenvalue weighted by atomic mass is 19.4. The Hall–Kier alpha value is -5.31. The summed E-state index contributed by atoms with van der Waals surface area (Å²) in [7, 11) is 3.81. The Morgan fingerprint density at radius 2 is 1.64 bits per heavy atom. The molecule has 4 aromatic rings. The number of piperazine rings is 1. The van der Waals surface area contributed by atoms with Gasteiger partial charge in [-0.15, -0.1) is 0 Å². The first-order valence-corrected chi connectivity index (χ1v) is 14.7. The highest BCUT2D eigenvalue weighted by Crippen LogP contribution is 2.29. The highest BCUT2D eigenvalue weighted by Gasteiger charge is 2.34. The monoisotopic (exact) mass is 650 g/mol. The van der Waals surface area contributed by atoms with Crippen molar-refractivity contribution in [2.24, 2.45) is 0 Å². The SMILES string of the molecule is CN(C)c1ccc(-c2nc(C(=O)NC(COCc3ccccc3)C(=O)O)cc(N3CCN(c4nccc(C(F)(F)F)n4)CC3)n2)cc1. The number of carboxylic acids is 1. The van der Waals surface area contributed by atoms with Crippen LogP contribution in [-0.4, -0.2) is 89.8 Å². The zero-order valence-corrected chi connectivity index (χ0v) is 25.7. The van der Waals surface area contributed by atoms with E-state index >= 15 is 0 Å². The summed E-state index contributed by atoms with van der Waals surface area (Å²) in [5, 5.41) is 12.3. The molecule has 1 saturated heterocycles. The maximum absolute atomic E-state index is 13.4. The molecule has 0 aliphatic carbocycles. The summed E-state index contributed by atoms with van der Waals surface area (Å²) in [5.41, 5.74) is 1.35. The minimum atomic E-state index is -4.59. The maximum atomic E-state index is 13.4. The summed E-state index contributed by atoms with van der Waals surface area (Å²) in [6.45, 7) is 1.15. The van der Waals surface area contributed by atoms with Crippen molar-refractivity contribution < 1.29 is 32.6 Å². The van der Waals surface area contributed by atoms with Crippen LogP contribution in [0.2, 0.25) is 0 Å². The number of halogens is 3. The Bertz CT molecular complexity index is 1680. The molecule has 1 atom stereocenters. The zero-order chi connectivity index (χ0) is 33.6. The standard InChI is InChI=1S/C32H33F3N8O4/c1-41(2)23-10-8-22(9-11-23)28-37-24(29(44)38-25(30(45)46)20-47-19-21-6-4-3-5-7-21)18-27(40-28)42-14-16-43(17-15-42)31-36-13-12-26(39-31)32(33,34)35/h3-13,18,25H,14-17,19-20H2,1-2H3,(H,38,44)(H,45,46). The number of carboxylic acid groups (broad SMARTS) is 1. The Morgan fingerprint density at radius 1 is 0.957 bits per heavy atom. The average molecular weight is 651 g/mol. The van der Waals surface area contributed by atoms with Crippen molar-refractivity contribution in [3.63, 3.8) is 0 Å². The fraction of sp³-hybridized carbons (Fsp3) is 0.312. The molecule has 1 unspecified atom stereocenters. The van der Waals surface area contributed by atoms with E-state index in [1.165, 1.54) is 6.07 Å². The third kappa shape index (κ3) is 8.49. The number of rotatable bonds is 11. The van der Waals surface area contributed by atoms with Gasteiger partial charge < -0.3 is 29.9 Å². The number of carbonyl (C=O) groups is 2. The van der Waals surface area contributed by atoms with E-state index in [2.05, 4.69) is 20.3 Å². The lowest BCUT2D eigenvalue weighted by molar-refractivity contribution is -0.142. The molecule has 47 heavy (non-hydrogen) atoms. The van der Waals surface area contributed by atoms with Crippen molar-refractivity contribution in [2.45, 2.75) is 18.8 Å². The van der Waals surface area contributed by atoms with Crippen LogP contribution >= 0.6 is 0 Å². The van der Waals surface area contributed by atoms with Crippen LogP contribution in [0.5, 0.6) is 0 Å². The van der Waals surface area contributed by atoms with Crippen LogP contribution in [0.1, 0.15) is 21.7 Å². The number of hydrogen-bond donors (Lipinski definition) is 2. The molecule has 1 aliphatic rings. The van der Waals surface area contributed by atoms with Gasteiger partial charge in [0, 0.05) is 63.8 Å². The predicted octanol–water partition coefficient (Wildman–Crippen LogP) is 3.74. The fourth-order valence-corrected chi connectivity index (χ4v) is 4.82. The van der Waals surface area contributed by atoms with Crippen LogP contribution in [0.25, 0.3) is 11.4 Å². The first-order valence-electron chi connectivity index (χ1n) is 14.7. The highest BCUT2D eigenvalue weighted by molar-refractivity contribution is 5.96. The summed E-state index contributed by atoms with van der Waals surface area (Å²) in [6, 6.07) is 17.6. The minimum Gasteiger partial charge on any atom is -0.480 e. The van der Waals surface area contributed by atoms with Gasteiger partial charge in [0.15, 0.2) is 11.9 Å². The normalized spacial score (nSPS) is 14.1. The molecule has 3 heterocycles. The summed E-state index contributed by atoms with van der Waals surface area (Å²) < 4.78 is 45.2. The quantitative estimate of drug-likeness (QED) is 0.246. The van der Waals surface area contributed by atoms with Gasteiger partial charge in [-0.25, -0.2) is 24.7 Å². The number of benzene rings is 2. The smallest absolute Gasteiger partial charge is 0.433 e.